The summed E-state index contributed by atoms with van der Waals surface area (Å²) in [7, 11) is 0. The third-order valence-electron chi connectivity index (χ3n) is 4.80. The summed E-state index contributed by atoms with van der Waals surface area (Å²) in [5, 5.41) is 4.03. The number of para-hydroxylation sites is 1. The van der Waals surface area contributed by atoms with Gasteiger partial charge in [-0.05, 0) is 43.4 Å². The highest BCUT2D eigenvalue weighted by Gasteiger charge is 2.20. The van der Waals surface area contributed by atoms with Crippen molar-refractivity contribution in [1.82, 2.24) is 14.5 Å². The number of aromatic nitrogens is 3. The molecule has 8 heteroatoms. The molecule has 4 aromatic rings. The van der Waals surface area contributed by atoms with Crippen molar-refractivity contribution in [2.45, 2.75) is 32.2 Å². The van der Waals surface area contributed by atoms with Crippen LogP contribution in [0, 0.1) is 0 Å². The Hall–Kier alpha value is -2.58. The van der Waals surface area contributed by atoms with Crippen LogP contribution >= 0.6 is 22.7 Å². The van der Waals surface area contributed by atoms with Crippen LogP contribution in [-0.4, -0.2) is 20.4 Å². The van der Waals surface area contributed by atoms with E-state index in [-0.39, 0.29) is 18.0 Å². The van der Waals surface area contributed by atoms with Crippen molar-refractivity contribution in [1.29, 1.82) is 0 Å². The van der Waals surface area contributed by atoms with E-state index in [1.807, 2.05) is 24.3 Å². The first-order valence-corrected chi connectivity index (χ1v) is 10.5. The molecular formula is C19H16N4O2S2. The van der Waals surface area contributed by atoms with E-state index >= 15 is 0 Å². The van der Waals surface area contributed by atoms with Gasteiger partial charge in [-0.3, -0.25) is 14.2 Å². The SMILES string of the molecule is O=C(Cn1cnc2sc3c(c2c1=O)CCCC3)Nc1nc2ccccc2s1. The zero-order valence-electron chi connectivity index (χ0n) is 14.4. The Bertz CT molecular complexity index is 1200. The van der Waals surface area contributed by atoms with Gasteiger partial charge in [0.25, 0.3) is 5.56 Å². The molecule has 0 saturated carbocycles. The van der Waals surface area contributed by atoms with Crippen molar-refractivity contribution < 1.29 is 4.79 Å². The van der Waals surface area contributed by atoms with Crippen molar-refractivity contribution in [3.8, 4) is 0 Å². The van der Waals surface area contributed by atoms with Gasteiger partial charge in [-0.15, -0.1) is 11.3 Å². The number of aryl methyl sites for hydroxylation is 2. The average molecular weight is 396 g/mol. The monoisotopic (exact) mass is 396 g/mol. The molecule has 1 aliphatic carbocycles. The zero-order chi connectivity index (χ0) is 18.4. The van der Waals surface area contributed by atoms with Crippen LogP contribution in [0.1, 0.15) is 23.3 Å². The maximum Gasteiger partial charge on any atom is 0.262 e. The fourth-order valence-electron chi connectivity index (χ4n) is 3.53. The summed E-state index contributed by atoms with van der Waals surface area (Å²) in [6.07, 6.45) is 5.69. The van der Waals surface area contributed by atoms with Gasteiger partial charge < -0.3 is 5.32 Å². The standard InChI is InChI=1S/C19H16N4O2S2/c24-15(22-19-21-12-6-2-4-8-14(12)27-19)9-23-10-20-17-16(18(23)25)11-5-1-3-7-13(11)26-17/h2,4,6,8,10H,1,3,5,7,9H2,(H,21,22,24). The van der Waals surface area contributed by atoms with Gasteiger partial charge in [0, 0.05) is 4.88 Å². The summed E-state index contributed by atoms with van der Waals surface area (Å²) in [5.41, 5.74) is 1.86. The van der Waals surface area contributed by atoms with E-state index in [2.05, 4.69) is 15.3 Å². The summed E-state index contributed by atoms with van der Waals surface area (Å²) in [4.78, 5) is 36.3. The number of amides is 1. The van der Waals surface area contributed by atoms with Gasteiger partial charge in [0.05, 0.1) is 21.9 Å². The third-order valence-corrected chi connectivity index (χ3v) is 6.95. The molecule has 136 valence electrons. The van der Waals surface area contributed by atoms with Crippen LogP contribution in [-0.2, 0) is 24.2 Å². The van der Waals surface area contributed by atoms with Gasteiger partial charge in [-0.1, -0.05) is 23.5 Å². The van der Waals surface area contributed by atoms with Crippen molar-refractivity contribution in [3.05, 3.63) is 51.4 Å². The highest BCUT2D eigenvalue weighted by molar-refractivity contribution is 7.22. The van der Waals surface area contributed by atoms with E-state index in [4.69, 9.17) is 0 Å². The minimum Gasteiger partial charge on any atom is -0.300 e. The number of anilines is 1. The van der Waals surface area contributed by atoms with Crippen LogP contribution in [0.2, 0.25) is 0 Å². The Morgan fingerprint density at radius 2 is 2.04 bits per heavy atom. The van der Waals surface area contributed by atoms with Crippen LogP contribution < -0.4 is 10.9 Å². The molecular weight excluding hydrogens is 380 g/mol. The number of benzene rings is 1. The predicted molar refractivity (Wildman–Crippen MR) is 109 cm³/mol. The number of thiazole rings is 1. The summed E-state index contributed by atoms with van der Waals surface area (Å²) >= 11 is 3.03. The topological polar surface area (TPSA) is 76.9 Å². The van der Waals surface area contributed by atoms with E-state index in [1.165, 1.54) is 33.5 Å². The van der Waals surface area contributed by atoms with E-state index in [1.54, 1.807) is 11.3 Å². The molecule has 0 atom stereocenters. The van der Waals surface area contributed by atoms with Crippen LogP contribution in [0.3, 0.4) is 0 Å². The number of carbonyl (C=O) groups excluding carboxylic acids is 1. The van der Waals surface area contributed by atoms with Gasteiger partial charge in [0.2, 0.25) is 5.91 Å². The lowest BCUT2D eigenvalue weighted by Gasteiger charge is -2.10. The fourth-order valence-corrected chi connectivity index (χ4v) is 5.63. The minimum absolute atomic E-state index is 0.0671. The Morgan fingerprint density at radius 1 is 1.19 bits per heavy atom. The summed E-state index contributed by atoms with van der Waals surface area (Å²) in [6, 6.07) is 7.72. The number of carbonyl (C=O) groups is 1. The maximum absolute atomic E-state index is 12.9. The summed E-state index contributed by atoms with van der Waals surface area (Å²) < 4.78 is 2.41. The average Bonchev–Trinajstić information content (AvgIpc) is 3.24. The van der Waals surface area contributed by atoms with Crippen molar-refractivity contribution in [3.63, 3.8) is 0 Å². The van der Waals surface area contributed by atoms with Crippen molar-refractivity contribution in [2.24, 2.45) is 0 Å². The molecule has 0 aliphatic heterocycles. The van der Waals surface area contributed by atoms with Crippen LogP contribution in [0.5, 0.6) is 0 Å². The number of hydrogen-bond acceptors (Lipinski definition) is 6. The summed E-state index contributed by atoms with van der Waals surface area (Å²) in [5.74, 6) is -0.276. The number of nitrogens with one attached hydrogen (secondary N) is 1. The van der Waals surface area contributed by atoms with Crippen LogP contribution in [0.15, 0.2) is 35.4 Å². The van der Waals surface area contributed by atoms with Gasteiger partial charge in [-0.2, -0.15) is 0 Å². The van der Waals surface area contributed by atoms with Crippen LogP contribution in [0.25, 0.3) is 20.4 Å². The third kappa shape index (κ3) is 2.94. The van der Waals surface area contributed by atoms with E-state index in [0.717, 1.165) is 39.9 Å². The van der Waals surface area contributed by atoms with Gasteiger partial charge in [0.15, 0.2) is 5.13 Å². The molecule has 0 saturated heterocycles. The van der Waals surface area contributed by atoms with Crippen molar-refractivity contribution in [2.75, 3.05) is 5.32 Å². The first-order valence-electron chi connectivity index (χ1n) is 8.84. The molecule has 1 aromatic carbocycles. The molecule has 1 N–H and O–H groups in total. The molecule has 27 heavy (non-hydrogen) atoms. The maximum atomic E-state index is 12.9. The molecule has 6 nitrogen and oxygen atoms in total. The van der Waals surface area contributed by atoms with Crippen LogP contribution in [0.4, 0.5) is 5.13 Å². The molecule has 5 rings (SSSR count). The first-order chi connectivity index (χ1) is 13.2. The Labute approximate surface area is 162 Å². The second-order valence-corrected chi connectivity index (χ2v) is 8.72. The van der Waals surface area contributed by atoms with Crippen molar-refractivity contribution >= 4 is 54.1 Å². The lowest BCUT2D eigenvalue weighted by Crippen LogP contribution is -2.28. The summed E-state index contributed by atoms with van der Waals surface area (Å²) in [6.45, 7) is -0.0671. The molecule has 0 radical (unpaired) electrons. The number of nitrogens with zero attached hydrogens (tertiary/aromatic N) is 3. The number of thiophene rings is 1. The highest BCUT2D eigenvalue weighted by atomic mass is 32.1. The quantitative estimate of drug-likeness (QED) is 0.574. The van der Waals surface area contributed by atoms with E-state index < -0.39 is 0 Å². The molecule has 0 fully saturated rings. The molecule has 0 unspecified atom stereocenters. The molecule has 0 spiro atoms. The second kappa shape index (κ2) is 6.54. The molecule has 1 amide bonds. The normalized spacial score (nSPS) is 13.8. The Balaban J connectivity index is 1.42. The number of hydrogen-bond donors (Lipinski definition) is 1. The predicted octanol–water partition coefficient (Wildman–Crippen LogP) is 3.59. The van der Waals surface area contributed by atoms with Gasteiger partial charge in [0.1, 0.15) is 11.4 Å². The first kappa shape index (κ1) is 16.6. The zero-order valence-corrected chi connectivity index (χ0v) is 16.0. The van der Waals surface area contributed by atoms with E-state index in [0.29, 0.717) is 10.5 Å². The Morgan fingerprint density at radius 3 is 2.93 bits per heavy atom. The molecule has 1 aliphatic rings. The lowest BCUT2D eigenvalue weighted by atomic mass is 9.97. The number of rotatable bonds is 3. The number of fused-ring (bicyclic) bond motifs is 4. The van der Waals surface area contributed by atoms with Gasteiger partial charge in [-0.25, -0.2) is 9.97 Å². The smallest absolute Gasteiger partial charge is 0.262 e. The highest BCUT2D eigenvalue weighted by Crippen LogP contribution is 2.33. The molecule has 3 aromatic heterocycles. The lowest BCUT2D eigenvalue weighted by molar-refractivity contribution is -0.116. The van der Waals surface area contributed by atoms with Gasteiger partial charge >= 0.3 is 0 Å². The Kier molecular flexibility index (Phi) is 4.02. The second-order valence-electron chi connectivity index (χ2n) is 6.60. The minimum atomic E-state index is -0.276. The fraction of sp³-hybridized carbons (Fsp3) is 0.263. The molecule has 3 heterocycles. The van der Waals surface area contributed by atoms with E-state index in [9.17, 15) is 9.59 Å². The largest absolute Gasteiger partial charge is 0.300 e. The molecule has 0 bridgehead atoms.